The summed E-state index contributed by atoms with van der Waals surface area (Å²) in [5.41, 5.74) is 0. The highest BCUT2D eigenvalue weighted by atomic mass is 16.5. The van der Waals surface area contributed by atoms with Crippen molar-refractivity contribution in [3.63, 3.8) is 0 Å². The van der Waals surface area contributed by atoms with Gasteiger partial charge in [-0.05, 0) is 32.4 Å². The summed E-state index contributed by atoms with van der Waals surface area (Å²) < 4.78 is 5.29. The Labute approximate surface area is 109 Å². The van der Waals surface area contributed by atoms with Gasteiger partial charge in [-0.1, -0.05) is 6.92 Å². The normalized spacial score (nSPS) is 25.6. The second kappa shape index (κ2) is 7.07. The van der Waals surface area contributed by atoms with Crippen LogP contribution in [0.3, 0.4) is 0 Å². The van der Waals surface area contributed by atoms with Crippen LogP contribution in [0.25, 0.3) is 0 Å². The second-order valence-corrected chi connectivity index (χ2v) is 5.16. The quantitative estimate of drug-likeness (QED) is 0.724. The Morgan fingerprint density at radius 1 is 1.39 bits per heavy atom. The van der Waals surface area contributed by atoms with Gasteiger partial charge in [-0.15, -0.1) is 0 Å². The van der Waals surface area contributed by atoms with Crippen molar-refractivity contribution in [2.75, 3.05) is 39.4 Å². The number of hydrogen-bond donors (Lipinski definition) is 2. The highest BCUT2D eigenvalue weighted by molar-refractivity contribution is 5.78. The van der Waals surface area contributed by atoms with Gasteiger partial charge in [0.2, 0.25) is 5.91 Å². The smallest absolute Gasteiger partial charge is 0.234 e. The minimum Gasteiger partial charge on any atom is -0.381 e. The number of hydrogen-bond acceptors (Lipinski definition) is 4. The Hall–Kier alpha value is -0.650. The van der Waals surface area contributed by atoms with Crippen LogP contribution in [-0.2, 0) is 9.53 Å². The number of likely N-dealkylation sites (N-methyl/N-ethyl adjacent to an activating group) is 1. The van der Waals surface area contributed by atoms with E-state index in [1.807, 2.05) is 0 Å². The van der Waals surface area contributed by atoms with Crippen molar-refractivity contribution in [1.29, 1.82) is 0 Å². The summed E-state index contributed by atoms with van der Waals surface area (Å²) in [5, 5.41) is 6.48. The SMILES string of the molecule is CCN(CC(=O)NC1CCOCC1)C1CCNC1. The summed E-state index contributed by atoms with van der Waals surface area (Å²) in [7, 11) is 0. The van der Waals surface area contributed by atoms with E-state index in [9.17, 15) is 4.79 Å². The molecule has 104 valence electrons. The van der Waals surface area contributed by atoms with Crippen molar-refractivity contribution in [3.8, 4) is 0 Å². The summed E-state index contributed by atoms with van der Waals surface area (Å²) >= 11 is 0. The minimum atomic E-state index is 0.163. The van der Waals surface area contributed by atoms with E-state index in [0.717, 1.165) is 52.1 Å². The van der Waals surface area contributed by atoms with Crippen LogP contribution in [-0.4, -0.2) is 62.3 Å². The molecule has 0 aromatic carbocycles. The Balaban J connectivity index is 1.73. The lowest BCUT2D eigenvalue weighted by Crippen LogP contribution is -2.47. The number of rotatable bonds is 5. The average molecular weight is 255 g/mol. The number of amides is 1. The van der Waals surface area contributed by atoms with Gasteiger partial charge in [0, 0.05) is 31.8 Å². The topological polar surface area (TPSA) is 53.6 Å². The Morgan fingerprint density at radius 3 is 2.78 bits per heavy atom. The molecule has 0 bridgehead atoms. The summed E-state index contributed by atoms with van der Waals surface area (Å²) in [4.78, 5) is 14.3. The first-order valence-corrected chi connectivity index (χ1v) is 7.11. The van der Waals surface area contributed by atoms with Gasteiger partial charge in [-0.2, -0.15) is 0 Å². The van der Waals surface area contributed by atoms with Gasteiger partial charge < -0.3 is 15.4 Å². The fraction of sp³-hybridized carbons (Fsp3) is 0.923. The first-order chi connectivity index (χ1) is 8.79. The van der Waals surface area contributed by atoms with Crippen molar-refractivity contribution >= 4 is 5.91 Å². The van der Waals surface area contributed by atoms with Crippen molar-refractivity contribution in [2.24, 2.45) is 0 Å². The molecule has 2 N–H and O–H groups in total. The Bertz CT molecular complexity index is 261. The molecule has 0 radical (unpaired) electrons. The summed E-state index contributed by atoms with van der Waals surface area (Å²) in [6.07, 6.45) is 3.05. The van der Waals surface area contributed by atoms with E-state index < -0.39 is 0 Å². The van der Waals surface area contributed by atoms with Crippen molar-refractivity contribution in [3.05, 3.63) is 0 Å². The van der Waals surface area contributed by atoms with Crippen molar-refractivity contribution in [1.82, 2.24) is 15.5 Å². The molecular formula is C13H25N3O2. The molecule has 2 saturated heterocycles. The zero-order chi connectivity index (χ0) is 12.8. The van der Waals surface area contributed by atoms with Crippen LogP contribution < -0.4 is 10.6 Å². The molecule has 18 heavy (non-hydrogen) atoms. The standard InChI is InChI=1S/C13H25N3O2/c1-2-16(12-3-6-14-9-12)10-13(17)15-11-4-7-18-8-5-11/h11-12,14H,2-10H2,1H3,(H,15,17). The lowest BCUT2D eigenvalue weighted by atomic mass is 10.1. The molecule has 0 spiro atoms. The van der Waals surface area contributed by atoms with E-state index in [-0.39, 0.29) is 5.91 Å². The zero-order valence-electron chi connectivity index (χ0n) is 11.3. The predicted molar refractivity (Wildman–Crippen MR) is 70.5 cm³/mol. The van der Waals surface area contributed by atoms with E-state index in [2.05, 4.69) is 22.5 Å². The van der Waals surface area contributed by atoms with Gasteiger partial charge in [0.1, 0.15) is 0 Å². The molecule has 1 atom stereocenters. The second-order valence-electron chi connectivity index (χ2n) is 5.16. The van der Waals surface area contributed by atoms with E-state index in [1.54, 1.807) is 0 Å². The van der Waals surface area contributed by atoms with Crippen molar-refractivity contribution < 1.29 is 9.53 Å². The van der Waals surface area contributed by atoms with E-state index in [4.69, 9.17) is 4.74 Å². The highest BCUT2D eigenvalue weighted by Gasteiger charge is 2.24. The number of carbonyl (C=O) groups is 1. The Kier molecular flexibility index (Phi) is 5.41. The van der Waals surface area contributed by atoms with Gasteiger partial charge in [-0.3, -0.25) is 9.69 Å². The molecule has 2 aliphatic heterocycles. The first-order valence-electron chi connectivity index (χ1n) is 7.11. The lowest BCUT2D eigenvalue weighted by Gasteiger charge is -2.28. The molecule has 2 rings (SSSR count). The molecule has 2 aliphatic rings. The molecule has 5 heteroatoms. The monoisotopic (exact) mass is 255 g/mol. The molecule has 1 unspecified atom stereocenters. The summed E-state index contributed by atoms with van der Waals surface area (Å²) in [5.74, 6) is 0.163. The molecule has 1 amide bonds. The first kappa shape index (κ1) is 13.8. The largest absolute Gasteiger partial charge is 0.381 e. The van der Waals surface area contributed by atoms with Gasteiger partial charge in [-0.25, -0.2) is 0 Å². The minimum absolute atomic E-state index is 0.163. The van der Waals surface area contributed by atoms with Crippen LogP contribution in [0.4, 0.5) is 0 Å². The summed E-state index contributed by atoms with van der Waals surface area (Å²) in [6, 6.07) is 0.835. The van der Waals surface area contributed by atoms with Crippen LogP contribution >= 0.6 is 0 Å². The Morgan fingerprint density at radius 2 is 2.17 bits per heavy atom. The van der Waals surface area contributed by atoms with Gasteiger partial charge in [0.15, 0.2) is 0 Å². The molecule has 2 heterocycles. The predicted octanol–water partition coefficient (Wildman–Crippen LogP) is -0.0346. The molecule has 0 aromatic rings. The van der Waals surface area contributed by atoms with Crippen molar-refractivity contribution in [2.45, 2.75) is 38.3 Å². The highest BCUT2D eigenvalue weighted by Crippen LogP contribution is 2.09. The van der Waals surface area contributed by atoms with Crippen LogP contribution in [0.15, 0.2) is 0 Å². The fourth-order valence-corrected chi connectivity index (χ4v) is 2.75. The third-order valence-electron chi connectivity index (χ3n) is 3.89. The molecule has 2 fully saturated rings. The third kappa shape index (κ3) is 3.93. The number of nitrogens with one attached hydrogen (secondary N) is 2. The van der Waals surface area contributed by atoms with E-state index >= 15 is 0 Å². The fourth-order valence-electron chi connectivity index (χ4n) is 2.75. The number of nitrogens with zero attached hydrogens (tertiary/aromatic N) is 1. The summed E-state index contributed by atoms with van der Waals surface area (Å²) in [6.45, 7) is 7.22. The molecular weight excluding hydrogens is 230 g/mol. The maximum Gasteiger partial charge on any atom is 0.234 e. The van der Waals surface area contributed by atoms with E-state index in [1.165, 1.54) is 0 Å². The van der Waals surface area contributed by atoms with Gasteiger partial charge in [0.25, 0.3) is 0 Å². The zero-order valence-corrected chi connectivity index (χ0v) is 11.3. The maximum atomic E-state index is 12.0. The maximum absolute atomic E-state index is 12.0. The van der Waals surface area contributed by atoms with Crippen LogP contribution in [0.1, 0.15) is 26.2 Å². The van der Waals surface area contributed by atoms with Crippen LogP contribution in [0, 0.1) is 0 Å². The molecule has 0 aliphatic carbocycles. The number of ether oxygens (including phenoxy) is 1. The lowest BCUT2D eigenvalue weighted by molar-refractivity contribution is -0.124. The molecule has 5 nitrogen and oxygen atoms in total. The van der Waals surface area contributed by atoms with Crippen LogP contribution in [0.2, 0.25) is 0 Å². The third-order valence-corrected chi connectivity index (χ3v) is 3.89. The average Bonchev–Trinajstić information content (AvgIpc) is 2.91. The van der Waals surface area contributed by atoms with Gasteiger partial charge >= 0.3 is 0 Å². The molecule has 0 saturated carbocycles. The van der Waals surface area contributed by atoms with E-state index in [0.29, 0.717) is 18.6 Å². The number of carbonyl (C=O) groups excluding carboxylic acids is 1. The molecule has 0 aromatic heterocycles. The van der Waals surface area contributed by atoms with Gasteiger partial charge in [0.05, 0.1) is 6.54 Å². The van der Waals surface area contributed by atoms with Crippen LogP contribution in [0.5, 0.6) is 0 Å².